The standard InChI is InChI=1S/C11H21N/c1-9-5-6-11(7-9)12-8-10-3-2-4-10/h9-12H,2-8H2,1H3. The highest BCUT2D eigenvalue weighted by atomic mass is 14.9. The third-order valence-electron chi connectivity index (χ3n) is 3.61. The Labute approximate surface area is 75.9 Å². The fraction of sp³-hybridized carbons (Fsp3) is 1.00. The highest BCUT2D eigenvalue weighted by Crippen LogP contribution is 2.28. The van der Waals surface area contributed by atoms with Gasteiger partial charge in [0.1, 0.15) is 0 Å². The Hall–Kier alpha value is -0.0400. The van der Waals surface area contributed by atoms with Crippen LogP contribution in [0.2, 0.25) is 0 Å². The van der Waals surface area contributed by atoms with Gasteiger partial charge in [0, 0.05) is 6.04 Å². The summed E-state index contributed by atoms with van der Waals surface area (Å²) in [6, 6.07) is 0.862. The molecule has 0 radical (unpaired) electrons. The van der Waals surface area contributed by atoms with Crippen molar-refractivity contribution in [2.24, 2.45) is 11.8 Å². The normalized spacial score (nSPS) is 36.8. The average molecular weight is 167 g/mol. The van der Waals surface area contributed by atoms with Gasteiger partial charge in [0.05, 0.1) is 0 Å². The molecule has 0 amide bonds. The van der Waals surface area contributed by atoms with Crippen LogP contribution in [-0.2, 0) is 0 Å². The third kappa shape index (κ3) is 2.01. The van der Waals surface area contributed by atoms with Crippen molar-refractivity contribution in [3.63, 3.8) is 0 Å². The summed E-state index contributed by atoms with van der Waals surface area (Å²) in [5.41, 5.74) is 0. The van der Waals surface area contributed by atoms with Gasteiger partial charge in [0.2, 0.25) is 0 Å². The van der Waals surface area contributed by atoms with Crippen LogP contribution in [0.1, 0.15) is 45.4 Å². The zero-order valence-corrected chi connectivity index (χ0v) is 8.18. The quantitative estimate of drug-likeness (QED) is 0.681. The van der Waals surface area contributed by atoms with Gasteiger partial charge in [0.15, 0.2) is 0 Å². The topological polar surface area (TPSA) is 12.0 Å². The molecule has 0 bridgehead atoms. The summed E-state index contributed by atoms with van der Waals surface area (Å²) in [7, 11) is 0. The van der Waals surface area contributed by atoms with E-state index < -0.39 is 0 Å². The summed E-state index contributed by atoms with van der Waals surface area (Å²) in [6.45, 7) is 3.68. The first kappa shape index (κ1) is 8.55. The molecule has 0 spiro atoms. The van der Waals surface area contributed by atoms with E-state index in [1.54, 1.807) is 0 Å². The van der Waals surface area contributed by atoms with Crippen molar-refractivity contribution in [1.29, 1.82) is 0 Å². The molecule has 0 saturated heterocycles. The lowest BCUT2D eigenvalue weighted by molar-refractivity contribution is 0.288. The maximum absolute atomic E-state index is 3.71. The van der Waals surface area contributed by atoms with Gasteiger partial charge < -0.3 is 5.32 Å². The zero-order chi connectivity index (χ0) is 8.39. The summed E-state index contributed by atoms with van der Waals surface area (Å²) in [6.07, 6.45) is 8.74. The number of hydrogen-bond donors (Lipinski definition) is 1. The van der Waals surface area contributed by atoms with E-state index in [0.29, 0.717) is 0 Å². The van der Waals surface area contributed by atoms with Gasteiger partial charge in [-0.3, -0.25) is 0 Å². The van der Waals surface area contributed by atoms with Crippen molar-refractivity contribution in [3.05, 3.63) is 0 Å². The lowest BCUT2D eigenvalue weighted by atomic mass is 9.85. The summed E-state index contributed by atoms with van der Waals surface area (Å²) >= 11 is 0. The van der Waals surface area contributed by atoms with E-state index in [0.717, 1.165) is 17.9 Å². The second kappa shape index (κ2) is 3.78. The van der Waals surface area contributed by atoms with Crippen LogP contribution in [0.4, 0.5) is 0 Å². The van der Waals surface area contributed by atoms with Gasteiger partial charge in [-0.05, 0) is 50.5 Å². The second-order valence-corrected chi connectivity index (χ2v) is 4.82. The molecule has 70 valence electrons. The molecule has 2 unspecified atom stereocenters. The Balaban J connectivity index is 1.60. The minimum absolute atomic E-state index is 0.862. The summed E-state index contributed by atoms with van der Waals surface area (Å²) < 4.78 is 0. The molecule has 2 aliphatic carbocycles. The van der Waals surface area contributed by atoms with Crippen LogP contribution >= 0.6 is 0 Å². The Morgan fingerprint density at radius 3 is 2.50 bits per heavy atom. The largest absolute Gasteiger partial charge is 0.314 e. The first-order valence-corrected chi connectivity index (χ1v) is 5.58. The van der Waals surface area contributed by atoms with Crippen molar-refractivity contribution in [2.75, 3.05) is 6.54 Å². The van der Waals surface area contributed by atoms with Gasteiger partial charge >= 0.3 is 0 Å². The summed E-state index contributed by atoms with van der Waals surface area (Å²) in [5, 5.41) is 3.71. The monoisotopic (exact) mass is 167 g/mol. The van der Waals surface area contributed by atoms with Crippen molar-refractivity contribution >= 4 is 0 Å². The van der Waals surface area contributed by atoms with Crippen LogP contribution in [-0.4, -0.2) is 12.6 Å². The van der Waals surface area contributed by atoms with Gasteiger partial charge in [-0.2, -0.15) is 0 Å². The molecule has 0 aromatic heterocycles. The van der Waals surface area contributed by atoms with E-state index >= 15 is 0 Å². The molecule has 1 N–H and O–H groups in total. The van der Waals surface area contributed by atoms with Gasteiger partial charge in [0.25, 0.3) is 0 Å². The van der Waals surface area contributed by atoms with Crippen LogP contribution in [0, 0.1) is 11.8 Å². The van der Waals surface area contributed by atoms with E-state index in [2.05, 4.69) is 12.2 Å². The summed E-state index contributed by atoms with van der Waals surface area (Å²) in [4.78, 5) is 0. The lowest BCUT2D eigenvalue weighted by Gasteiger charge is -2.27. The van der Waals surface area contributed by atoms with Crippen molar-refractivity contribution in [2.45, 2.75) is 51.5 Å². The molecule has 0 heterocycles. The van der Waals surface area contributed by atoms with E-state index in [-0.39, 0.29) is 0 Å². The number of hydrogen-bond acceptors (Lipinski definition) is 1. The maximum atomic E-state index is 3.71. The van der Waals surface area contributed by atoms with Gasteiger partial charge in [-0.25, -0.2) is 0 Å². The molecule has 12 heavy (non-hydrogen) atoms. The first-order valence-electron chi connectivity index (χ1n) is 5.58. The molecule has 1 heteroatoms. The minimum atomic E-state index is 0.862. The Bertz CT molecular complexity index is 140. The van der Waals surface area contributed by atoms with E-state index in [1.165, 1.54) is 45.1 Å². The smallest absolute Gasteiger partial charge is 0.00698 e. The van der Waals surface area contributed by atoms with E-state index in [4.69, 9.17) is 0 Å². The molecule has 1 nitrogen and oxygen atoms in total. The molecule has 0 aromatic carbocycles. The summed E-state index contributed by atoms with van der Waals surface area (Å²) in [5.74, 6) is 2.00. The molecule has 2 aliphatic rings. The van der Waals surface area contributed by atoms with Crippen LogP contribution < -0.4 is 5.32 Å². The van der Waals surface area contributed by atoms with Crippen LogP contribution in [0.3, 0.4) is 0 Å². The second-order valence-electron chi connectivity index (χ2n) is 4.82. The average Bonchev–Trinajstić information content (AvgIpc) is 2.32. The van der Waals surface area contributed by atoms with Crippen LogP contribution in [0.25, 0.3) is 0 Å². The lowest BCUT2D eigenvalue weighted by Crippen LogP contribution is -2.33. The van der Waals surface area contributed by atoms with Crippen LogP contribution in [0.5, 0.6) is 0 Å². The number of nitrogens with one attached hydrogen (secondary N) is 1. The highest BCUT2D eigenvalue weighted by Gasteiger charge is 2.23. The first-order chi connectivity index (χ1) is 5.84. The predicted octanol–water partition coefficient (Wildman–Crippen LogP) is 2.56. The molecular formula is C11H21N. The molecular weight excluding hydrogens is 146 g/mol. The predicted molar refractivity (Wildman–Crippen MR) is 52.1 cm³/mol. The Kier molecular flexibility index (Phi) is 2.69. The molecule has 2 rings (SSSR count). The fourth-order valence-corrected chi connectivity index (χ4v) is 2.42. The van der Waals surface area contributed by atoms with E-state index in [9.17, 15) is 0 Å². The maximum Gasteiger partial charge on any atom is 0.00698 e. The molecule has 2 atom stereocenters. The third-order valence-corrected chi connectivity index (χ3v) is 3.61. The Morgan fingerprint density at radius 2 is 2.00 bits per heavy atom. The Morgan fingerprint density at radius 1 is 1.17 bits per heavy atom. The van der Waals surface area contributed by atoms with Crippen LogP contribution in [0.15, 0.2) is 0 Å². The highest BCUT2D eigenvalue weighted by molar-refractivity contribution is 4.80. The van der Waals surface area contributed by atoms with Crippen molar-refractivity contribution in [3.8, 4) is 0 Å². The molecule has 2 fully saturated rings. The SMILES string of the molecule is CC1CCC(NCC2CCC2)C1. The zero-order valence-electron chi connectivity index (χ0n) is 8.18. The molecule has 0 aromatic rings. The van der Waals surface area contributed by atoms with Gasteiger partial charge in [-0.1, -0.05) is 13.3 Å². The van der Waals surface area contributed by atoms with Crippen molar-refractivity contribution < 1.29 is 0 Å². The molecule has 0 aliphatic heterocycles. The fourth-order valence-electron chi connectivity index (χ4n) is 2.42. The minimum Gasteiger partial charge on any atom is -0.314 e. The van der Waals surface area contributed by atoms with E-state index in [1.807, 2.05) is 0 Å². The van der Waals surface area contributed by atoms with Crippen molar-refractivity contribution in [1.82, 2.24) is 5.32 Å². The van der Waals surface area contributed by atoms with Gasteiger partial charge in [-0.15, -0.1) is 0 Å². The number of rotatable bonds is 3. The molecule has 2 saturated carbocycles.